The Bertz CT molecular complexity index is 602. The largest absolute Gasteiger partial charge is 0.381 e. The van der Waals surface area contributed by atoms with Crippen LogP contribution in [0, 0.1) is 18.3 Å². The lowest BCUT2D eigenvalue weighted by atomic mass is 10.2. The van der Waals surface area contributed by atoms with Crippen LogP contribution in [0.15, 0.2) is 36.7 Å². The maximum atomic E-state index is 8.78. The van der Waals surface area contributed by atoms with Crippen molar-refractivity contribution in [1.29, 1.82) is 5.26 Å². The number of anilines is 1. The number of nitrogens with zero attached hydrogens (tertiary/aromatic N) is 2. The molecule has 0 unspecified atom stereocenters. The molecule has 0 saturated carbocycles. The fourth-order valence-corrected chi connectivity index (χ4v) is 1.86. The molecule has 0 aliphatic rings. The van der Waals surface area contributed by atoms with E-state index in [1.54, 1.807) is 12.1 Å². The van der Waals surface area contributed by atoms with Gasteiger partial charge >= 0.3 is 0 Å². The highest BCUT2D eigenvalue weighted by Gasteiger charge is 2.01. The van der Waals surface area contributed by atoms with Crippen molar-refractivity contribution in [3.63, 3.8) is 0 Å². The van der Waals surface area contributed by atoms with Gasteiger partial charge in [0, 0.05) is 24.6 Å². The first-order chi connectivity index (χ1) is 8.69. The first-order valence-electron chi connectivity index (χ1n) is 5.53. The van der Waals surface area contributed by atoms with E-state index in [9.17, 15) is 0 Å². The van der Waals surface area contributed by atoms with Crippen molar-refractivity contribution in [2.45, 2.75) is 13.5 Å². The van der Waals surface area contributed by atoms with E-state index in [2.05, 4.69) is 16.4 Å². The van der Waals surface area contributed by atoms with Crippen LogP contribution in [0.3, 0.4) is 0 Å². The summed E-state index contributed by atoms with van der Waals surface area (Å²) < 4.78 is 0. The van der Waals surface area contributed by atoms with Gasteiger partial charge in [-0.1, -0.05) is 17.7 Å². The summed E-state index contributed by atoms with van der Waals surface area (Å²) in [5, 5.41) is 12.5. The van der Waals surface area contributed by atoms with Crippen molar-refractivity contribution in [3.8, 4) is 6.07 Å². The summed E-state index contributed by atoms with van der Waals surface area (Å²) in [6.07, 6.45) is 3.65. The minimum absolute atomic E-state index is 0.463. The number of halogens is 1. The summed E-state index contributed by atoms with van der Waals surface area (Å²) >= 11 is 5.96. The van der Waals surface area contributed by atoms with Crippen molar-refractivity contribution in [3.05, 3.63) is 58.4 Å². The van der Waals surface area contributed by atoms with Gasteiger partial charge in [-0.25, -0.2) is 0 Å². The van der Waals surface area contributed by atoms with Gasteiger partial charge in [0.1, 0.15) is 6.07 Å². The monoisotopic (exact) mass is 257 g/mol. The van der Waals surface area contributed by atoms with Crippen LogP contribution in [0.25, 0.3) is 0 Å². The number of nitrogens with one attached hydrogen (secondary N) is 1. The van der Waals surface area contributed by atoms with E-state index < -0.39 is 0 Å². The summed E-state index contributed by atoms with van der Waals surface area (Å²) in [5.74, 6) is 0. The van der Waals surface area contributed by atoms with Gasteiger partial charge in [-0.15, -0.1) is 0 Å². The molecule has 0 saturated heterocycles. The highest BCUT2D eigenvalue weighted by molar-refractivity contribution is 6.32. The number of aromatic nitrogens is 1. The molecule has 1 aromatic carbocycles. The Morgan fingerprint density at radius 1 is 1.33 bits per heavy atom. The van der Waals surface area contributed by atoms with E-state index >= 15 is 0 Å². The van der Waals surface area contributed by atoms with Gasteiger partial charge in [0.05, 0.1) is 10.6 Å². The Hall–Kier alpha value is -2.05. The van der Waals surface area contributed by atoms with Gasteiger partial charge in [0.2, 0.25) is 0 Å². The number of hydrogen-bond acceptors (Lipinski definition) is 3. The molecule has 90 valence electrons. The van der Waals surface area contributed by atoms with Crippen LogP contribution in [0.5, 0.6) is 0 Å². The second kappa shape index (κ2) is 5.52. The average Bonchev–Trinajstić information content (AvgIpc) is 2.37. The molecule has 18 heavy (non-hydrogen) atoms. The van der Waals surface area contributed by atoms with Crippen LogP contribution in [0.1, 0.15) is 16.7 Å². The number of rotatable bonds is 3. The van der Waals surface area contributed by atoms with Gasteiger partial charge in [-0.3, -0.25) is 4.98 Å². The molecule has 4 heteroatoms. The van der Waals surface area contributed by atoms with Crippen LogP contribution in [0.4, 0.5) is 5.69 Å². The van der Waals surface area contributed by atoms with E-state index in [0.717, 1.165) is 16.8 Å². The van der Waals surface area contributed by atoms with Gasteiger partial charge in [-0.2, -0.15) is 5.26 Å². The number of benzene rings is 1. The fourth-order valence-electron chi connectivity index (χ4n) is 1.63. The molecule has 0 atom stereocenters. The van der Waals surface area contributed by atoms with E-state index in [1.165, 1.54) is 0 Å². The lowest BCUT2D eigenvalue weighted by Gasteiger charge is -2.07. The van der Waals surface area contributed by atoms with Gasteiger partial charge in [0.25, 0.3) is 0 Å². The zero-order valence-electron chi connectivity index (χ0n) is 9.94. The standard InChI is InChI=1S/C14H12ClN3/c1-10-4-11(8-17-7-10)9-18-13-3-2-12(6-16)14(15)5-13/h2-5,7-8,18H,9H2,1H3. The van der Waals surface area contributed by atoms with Gasteiger partial charge < -0.3 is 5.32 Å². The summed E-state index contributed by atoms with van der Waals surface area (Å²) in [6.45, 7) is 2.69. The molecule has 1 N–H and O–H groups in total. The highest BCUT2D eigenvalue weighted by atomic mass is 35.5. The number of hydrogen-bond donors (Lipinski definition) is 1. The number of aryl methyl sites for hydroxylation is 1. The fraction of sp³-hybridized carbons (Fsp3) is 0.143. The number of pyridine rings is 1. The Morgan fingerprint density at radius 2 is 2.17 bits per heavy atom. The van der Waals surface area contributed by atoms with Crippen molar-refractivity contribution in [2.24, 2.45) is 0 Å². The van der Waals surface area contributed by atoms with Crippen molar-refractivity contribution >= 4 is 17.3 Å². The molecule has 0 amide bonds. The minimum Gasteiger partial charge on any atom is -0.381 e. The third kappa shape index (κ3) is 2.99. The SMILES string of the molecule is Cc1cncc(CNc2ccc(C#N)c(Cl)c2)c1. The Morgan fingerprint density at radius 3 is 2.83 bits per heavy atom. The van der Waals surface area contributed by atoms with Crippen LogP contribution < -0.4 is 5.32 Å². The van der Waals surface area contributed by atoms with E-state index in [-0.39, 0.29) is 0 Å². The predicted octanol–water partition coefficient (Wildman–Crippen LogP) is 3.53. The zero-order chi connectivity index (χ0) is 13.0. The van der Waals surface area contributed by atoms with Crippen LogP contribution in [-0.4, -0.2) is 4.98 Å². The molecule has 0 aliphatic heterocycles. The first-order valence-corrected chi connectivity index (χ1v) is 5.91. The third-order valence-corrected chi connectivity index (χ3v) is 2.83. The molecule has 0 aliphatic carbocycles. The summed E-state index contributed by atoms with van der Waals surface area (Å²) in [5.41, 5.74) is 3.61. The van der Waals surface area contributed by atoms with E-state index in [1.807, 2.05) is 31.5 Å². The summed E-state index contributed by atoms with van der Waals surface area (Å²) in [7, 11) is 0. The molecule has 1 aromatic heterocycles. The Labute approximate surface area is 111 Å². The molecule has 3 nitrogen and oxygen atoms in total. The van der Waals surface area contributed by atoms with Gasteiger partial charge in [0.15, 0.2) is 0 Å². The molecule has 0 bridgehead atoms. The molecule has 1 heterocycles. The highest BCUT2D eigenvalue weighted by Crippen LogP contribution is 2.20. The average molecular weight is 258 g/mol. The summed E-state index contributed by atoms with van der Waals surface area (Å²) in [4.78, 5) is 4.13. The molecule has 0 spiro atoms. The minimum atomic E-state index is 0.463. The van der Waals surface area contributed by atoms with E-state index in [4.69, 9.17) is 16.9 Å². The third-order valence-electron chi connectivity index (χ3n) is 2.52. The topological polar surface area (TPSA) is 48.7 Å². The molecule has 2 rings (SSSR count). The first kappa shape index (κ1) is 12.4. The molecule has 0 fully saturated rings. The van der Waals surface area contributed by atoms with E-state index in [0.29, 0.717) is 17.1 Å². The lowest BCUT2D eigenvalue weighted by Crippen LogP contribution is -2.00. The predicted molar refractivity (Wildman–Crippen MR) is 72.5 cm³/mol. The maximum absolute atomic E-state index is 8.78. The normalized spacial score (nSPS) is 9.83. The quantitative estimate of drug-likeness (QED) is 0.915. The van der Waals surface area contributed by atoms with Crippen LogP contribution in [-0.2, 0) is 6.54 Å². The van der Waals surface area contributed by atoms with Gasteiger partial charge in [-0.05, 0) is 36.2 Å². The Balaban J connectivity index is 2.07. The lowest BCUT2D eigenvalue weighted by molar-refractivity contribution is 1.10. The van der Waals surface area contributed by atoms with Crippen molar-refractivity contribution < 1.29 is 0 Å². The molecular formula is C14H12ClN3. The van der Waals surface area contributed by atoms with Crippen molar-refractivity contribution in [2.75, 3.05) is 5.32 Å². The van der Waals surface area contributed by atoms with Crippen LogP contribution in [0.2, 0.25) is 5.02 Å². The summed E-state index contributed by atoms with van der Waals surface area (Å²) in [6, 6.07) is 9.41. The molecule has 0 radical (unpaired) electrons. The Kier molecular flexibility index (Phi) is 3.81. The molecule has 2 aromatic rings. The smallest absolute Gasteiger partial charge is 0.101 e. The maximum Gasteiger partial charge on any atom is 0.101 e. The van der Waals surface area contributed by atoms with Crippen LogP contribution >= 0.6 is 11.6 Å². The van der Waals surface area contributed by atoms with Crippen molar-refractivity contribution in [1.82, 2.24) is 4.98 Å². The zero-order valence-corrected chi connectivity index (χ0v) is 10.7. The number of nitriles is 1. The second-order valence-electron chi connectivity index (χ2n) is 4.03. The molecular weight excluding hydrogens is 246 g/mol. The second-order valence-corrected chi connectivity index (χ2v) is 4.44.